The molecule has 0 saturated heterocycles. The van der Waals surface area contributed by atoms with Crippen LogP contribution in [0.1, 0.15) is 26.3 Å². The van der Waals surface area contributed by atoms with E-state index < -0.39 is 4.92 Å². The molecular weight excluding hydrogens is 360 g/mol. The number of ether oxygens (including phenoxy) is 1. The number of hydrogen-bond acceptors (Lipinski definition) is 5. The Labute approximate surface area is 160 Å². The van der Waals surface area contributed by atoms with Gasteiger partial charge in [-0.3, -0.25) is 19.7 Å². The van der Waals surface area contributed by atoms with Crippen LogP contribution in [0.3, 0.4) is 0 Å². The van der Waals surface area contributed by atoms with Crippen LogP contribution in [-0.2, 0) is 6.61 Å². The zero-order chi connectivity index (χ0) is 19.9. The third kappa shape index (κ3) is 4.59. The number of carbonyl (C=O) groups is 2. The van der Waals surface area contributed by atoms with Crippen molar-refractivity contribution in [2.24, 2.45) is 0 Å². The van der Waals surface area contributed by atoms with Gasteiger partial charge in [-0.25, -0.2) is 0 Å². The molecule has 0 heterocycles. The molecule has 0 bridgehead atoms. The van der Waals surface area contributed by atoms with Crippen LogP contribution in [0.5, 0.6) is 5.75 Å². The predicted molar refractivity (Wildman–Crippen MR) is 104 cm³/mol. The monoisotopic (exact) mass is 376 g/mol. The molecule has 0 aliphatic carbocycles. The Kier molecular flexibility index (Phi) is 5.76. The van der Waals surface area contributed by atoms with E-state index in [1.165, 1.54) is 18.2 Å². The lowest BCUT2D eigenvalue weighted by Crippen LogP contribution is -2.11. The summed E-state index contributed by atoms with van der Waals surface area (Å²) in [4.78, 5) is 33.6. The van der Waals surface area contributed by atoms with Gasteiger partial charge >= 0.3 is 5.69 Å². The number of nitro benzene ring substituents is 1. The highest BCUT2D eigenvalue weighted by atomic mass is 16.6. The summed E-state index contributed by atoms with van der Waals surface area (Å²) in [6, 6.07) is 19.9. The minimum atomic E-state index is -0.598. The highest BCUT2D eigenvalue weighted by Gasteiger charge is 2.16. The Morgan fingerprint density at radius 3 is 2.39 bits per heavy atom. The van der Waals surface area contributed by atoms with Gasteiger partial charge < -0.3 is 10.1 Å². The lowest BCUT2D eigenvalue weighted by Gasteiger charge is -2.09. The lowest BCUT2D eigenvalue weighted by atomic mass is 10.1. The molecule has 0 unspecified atom stereocenters. The van der Waals surface area contributed by atoms with Crippen molar-refractivity contribution in [3.8, 4) is 5.75 Å². The van der Waals surface area contributed by atoms with Gasteiger partial charge in [0, 0.05) is 22.9 Å². The predicted octanol–water partition coefficient (Wildman–Crippen LogP) is 4.24. The molecule has 0 aromatic heterocycles. The number of nitrogens with one attached hydrogen (secondary N) is 1. The number of aldehydes is 1. The average Bonchev–Trinajstić information content (AvgIpc) is 2.73. The number of amides is 1. The zero-order valence-corrected chi connectivity index (χ0v) is 14.7. The third-order valence-electron chi connectivity index (χ3n) is 3.96. The van der Waals surface area contributed by atoms with E-state index in [2.05, 4.69) is 5.32 Å². The van der Waals surface area contributed by atoms with Crippen molar-refractivity contribution in [3.63, 3.8) is 0 Å². The molecule has 140 valence electrons. The van der Waals surface area contributed by atoms with Crippen molar-refractivity contribution in [1.29, 1.82) is 0 Å². The SMILES string of the molecule is O=Cc1ccc(OCc2ccc(C(=O)Nc3ccccc3)cc2)c([N+](=O)[O-])c1. The van der Waals surface area contributed by atoms with Gasteiger partial charge in [-0.05, 0) is 42.0 Å². The maximum Gasteiger partial charge on any atom is 0.311 e. The van der Waals surface area contributed by atoms with Crippen LogP contribution in [0.4, 0.5) is 11.4 Å². The van der Waals surface area contributed by atoms with Gasteiger partial charge in [-0.2, -0.15) is 0 Å². The Morgan fingerprint density at radius 2 is 1.75 bits per heavy atom. The minimum absolute atomic E-state index is 0.0708. The lowest BCUT2D eigenvalue weighted by molar-refractivity contribution is -0.386. The van der Waals surface area contributed by atoms with E-state index in [1.54, 1.807) is 36.4 Å². The second kappa shape index (κ2) is 8.59. The zero-order valence-electron chi connectivity index (χ0n) is 14.7. The molecule has 7 nitrogen and oxygen atoms in total. The summed E-state index contributed by atoms with van der Waals surface area (Å²) >= 11 is 0. The van der Waals surface area contributed by atoms with E-state index in [0.29, 0.717) is 17.5 Å². The quantitative estimate of drug-likeness (QED) is 0.378. The van der Waals surface area contributed by atoms with Gasteiger partial charge in [0.05, 0.1) is 4.92 Å². The van der Waals surface area contributed by atoms with Gasteiger partial charge in [0.2, 0.25) is 0 Å². The molecular formula is C21H16N2O5. The molecule has 0 saturated carbocycles. The molecule has 3 aromatic carbocycles. The van der Waals surface area contributed by atoms with Crippen LogP contribution in [0.25, 0.3) is 0 Å². The van der Waals surface area contributed by atoms with Crippen LogP contribution in [-0.4, -0.2) is 17.1 Å². The molecule has 0 spiro atoms. The van der Waals surface area contributed by atoms with Gasteiger partial charge in [0.1, 0.15) is 12.9 Å². The van der Waals surface area contributed by atoms with Crippen molar-refractivity contribution in [3.05, 3.63) is 99.6 Å². The van der Waals surface area contributed by atoms with Gasteiger partial charge in [-0.1, -0.05) is 30.3 Å². The van der Waals surface area contributed by atoms with Crippen LogP contribution < -0.4 is 10.1 Å². The molecule has 0 fully saturated rings. The minimum Gasteiger partial charge on any atom is -0.482 e. The van der Waals surface area contributed by atoms with Crippen LogP contribution in [0.15, 0.2) is 72.8 Å². The standard InChI is InChI=1S/C21H16N2O5/c24-13-16-8-11-20(19(12-16)23(26)27)28-14-15-6-9-17(10-7-15)21(25)22-18-4-2-1-3-5-18/h1-13H,14H2,(H,22,25). The molecule has 0 aliphatic heterocycles. The third-order valence-corrected chi connectivity index (χ3v) is 3.96. The highest BCUT2D eigenvalue weighted by Crippen LogP contribution is 2.28. The molecule has 0 radical (unpaired) electrons. The first-order valence-corrected chi connectivity index (χ1v) is 8.38. The van der Waals surface area contributed by atoms with E-state index >= 15 is 0 Å². The maximum atomic E-state index is 12.2. The van der Waals surface area contributed by atoms with Crippen LogP contribution in [0, 0.1) is 10.1 Å². The Morgan fingerprint density at radius 1 is 1.04 bits per heavy atom. The highest BCUT2D eigenvalue weighted by molar-refractivity contribution is 6.04. The van der Waals surface area contributed by atoms with Gasteiger partial charge in [0.25, 0.3) is 5.91 Å². The van der Waals surface area contributed by atoms with E-state index in [-0.39, 0.29) is 29.5 Å². The first-order valence-electron chi connectivity index (χ1n) is 8.38. The summed E-state index contributed by atoms with van der Waals surface area (Å²) in [5.41, 5.74) is 1.85. The van der Waals surface area contributed by atoms with E-state index in [1.807, 2.05) is 18.2 Å². The summed E-state index contributed by atoms with van der Waals surface area (Å²) in [7, 11) is 0. The first kappa shape index (κ1) is 18.8. The summed E-state index contributed by atoms with van der Waals surface area (Å²) < 4.78 is 5.52. The fraction of sp³-hybridized carbons (Fsp3) is 0.0476. The maximum absolute atomic E-state index is 12.2. The Hall–Kier alpha value is -4.00. The van der Waals surface area contributed by atoms with Crippen molar-refractivity contribution in [1.82, 2.24) is 0 Å². The fourth-order valence-electron chi connectivity index (χ4n) is 2.51. The number of nitro groups is 1. The van der Waals surface area contributed by atoms with Crippen LogP contribution in [0.2, 0.25) is 0 Å². The molecule has 0 aliphatic rings. The summed E-state index contributed by atoms with van der Waals surface area (Å²) in [6.45, 7) is 0.0852. The normalized spacial score (nSPS) is 10.1. The molecule has 0 atom stereocenters. The topological polar surface area (TPSA) is 98.5 Å². The van der Waals surface area contributed by atoms with Gasteiger partial charge in [-0.15, -0.1) is 0 Å². The van der Waals surface area contributed by atoms with E-state index in [0.717, 1.165) is 5.56 Å². The number of carbonyl (C=O) groups excluding carboxylic acids is 2. The van der Waals surface area contributed by atoms with E-state index in [9.17, 15) is 19.7 Å². The molecule has 7 heteroatoms. The summed E-state index contributed by atoms with van der Waals surface area (Å²) in [6.07, 6.45) is 0.538. The molecule has 28 heavy (non-hydrogen) atoms. The van der Waals surface area contributed by atoms with Gasteiger partial charge in [0.15, 0.2) is 5.75 Å². The number of hydrogen-bond donors (Lipinski definition) is 1. The molecule has 1 amide bonds. The van der Waals surface area contributed by atoms with Crippen molar-refractivity contribution in [2.45, 2.75) is 6.61 Å². The Bertz CT molecular complexity index is 1000. The largest absolute Gasteiger partial charge is 0.482 e. The number of para-hydroxylation sites is 1. The number of anilines is 1. The van der Waals surface area contributed by atoms with Crippen molar-refractivity contribution in [2.75, 3.05) is 5.32 Å². The van der Waals surface area contributed by atoms with Crippen LogP contribution >= 0.6 is 0 Å². The summed E-state index contributed by atoms with van der Waals surface area (Å²) in [5.74, 6) is -0.166. The Balaban J connectivity index is 1.66. The van der Waals surface area contributed by atoms with Crippen molar-refractivity contribution < 1.29 is 19.2 Å². The second-order valence-corrected chi connectivity index (χ2v) is 5.91. The fourth-order valence-corrected chi connectivity index (χ4v) is 2.51. The number of rotatable bonds is 7. The van der Waals surface area contributed by atoms with E-state index in [4.69, 9.17) is 4.74 Å². The smallest absolute Gasteiger partial charge is 0.311 e. The molecule has 1 N–H and O–H groups in total. The number of nitrogens with zero attached hydrogens (tertiary/aromatic N) is 1. The molecule has 3 aromatic rings. The second-order valence-electron chi connectivity index (χ2n) is 5.91. The molecule has 3 rings (SSSR count). The summed E-state index contributed by atoms with van der Waals surface area (Å²) in [5, 5.41) is 13.9. The average molecular weight is 376 g/mol. The number of benzene rings is 3. The first-order chi connectivity index (χ1) is 13.6. The van der Waals surface area contributed by atoms with Crippen molar-refractivity contribution >= 4 is 23.6 Å².